The first kappa shape index (κ1) is 10.6. The molecule has 2 rings (SSSR count). The molecule has 84 valence electrons. The molecule has 0 aromatic carbocycles. The number of nitrogens with zero attached hydrogens (tertiary/aromatic N) is 3. The Morgan fingerprint density at radius 3 is 2.87 bits per heavy atom. The summed E-state index contributed by atoms with van der Waals surface area (Å²) in [4.78, 5) is 2.54. The van der Waals surface area contributed by atoms with Crippen LogP contribution in [0.25, 0.3) is 10.4 Å². The van der Waals surface area contributed by atoms with Crippen molar-refractivity contribution in [3.05, 3.63) is 10.4 Å². The second-order valence-corrected chi connectivity index (χ2v) is 3.65. The topological polar surface area (TPSA) is 128 Å². The van der Waals surface area contributed by atoms with Crippen LogP contribution in [-0.2, 0) is 9.47 Å². The largest absolute Gasteiger partial charge is 0.393 e. The fraction of sp³-hybridized carbons (Fsp3) is 1.00. The zero-order valence-electron chi connectivity index (χ0n) is 7.72. The maximum absolute atomic E-state index is 9.71. The third-order valence-electron chi connectivity index (χ3n) is 2.79. The summed E-state index contributed by atoms with van der Waals surface area (Å²) < 4.78 is 10.3. The summed E-state index contributed by atoms with van der Waals surface area (Å²) in [5.74, 6) is 0. The van der Waals surface area contributed by atoms with Crippen molar-refractivity contribution in [2.75, 3.05) is 13.2 Å². The van der Waals surface area contributed by atoms with Gasteiger partial charge in [0.2, 0.25) is 0 Å². The minimum absolute atomic E-state index is 0.0379. The van der Waals surface area contributed by atoms with Crippen LogP contribution in [0.3, 0.4) is 0 Å². The van der Waals surface area contributed by atoms with Crippen LogP contribution in [-0.4, -0.2) is 58.7 Å². The average Bonchev–Trinajstić information content (AvgIpc) is 2.65. The summed E-state index contributed by atoms with van der Waals surface area (Å²) >= 11 is 0. The molecule has 3 N–H and O–H groups in total. The fourth-order valence-corrected chi connectivity index (χ4v) is 1.86. The van der Waals surface area contributed by atoms with E-state index in [1.54, 1.807) is 0 Å². The summed E-state index contributed by atoms with van der Waals surface area (Å²) in [6.07, 6.45) is -3.54. The zero-order valence-corrected chi connectivity index (χ0v) is 7.72. The third-order valence-corrected chi connectivity index (χ3v) is 2.79. The lowest BCUT2D eigenvalue weighted by molar-refractivity contribution is -0.228. The maximum atomic E-state index is 9.71. The molecule has 2 aliphatic heterocycles. The van der Waals surface area contributed by atoms with E-state index in [1.807, 2.05) is 0 Å². The van der Waals surface area contributed by atoms with Crippen molar-refractivity contribution in [1.29, 1.82) is 0 Å². The molecule has 4 unspecified atom stereocenters. The van der Waals surface area contributed by atoms with Gasteiger partial charge in [0.15, 0.2) is 6.29 Å². The Labute approximate surface area is 84.7 Å². The van der Waals surface area contributed by atoms with Gasteiger partial charge in [0.25, 0.3) is 0 Å². The van der Waals surface area contributed by atoms with Gasteiger partial charge in [-0.05, 0) is 5.53 Å². The first-order valence-electron chi connectivity index (χ1n) is 4.45. The number of azide groups is 1. The van der Waals surface area contributed by atoms with Gasteiger partial charge in [-0.15, -0.1) is 0 Å². The van der Waals surface area contributed by atoms with E-state index in [1.165, 1.54) is 0 Å². The molecule has 2 aliphatic rings. The summed E-state index contributed by atoms with van der Waals surface area (Å²) in [6.45, 7) is -0.505. The zero-order chi connectivity index (χ0) is 11.1. The van der Waals surface area contributed by atoms with Crippen LogP contribution in [0.4, 0.5) is 0 Å². The maximum Gasteiger partial charge on any atom is 0.169 e. The second-order valence-electron chi connectivity index (χ2n) is 3.65. The van der Waals surface area contributed by atoms with Crippen molar-refractivity contribution < 1.29 is 24.8 Å². The summed E-state index contributed by atoms with van der Waals surface area (Å²) in [7, 11) is 0. The highest BCUT2D eigenvalue weighted by molar-refractivity contribution is 5.05. The van der Waals surface area contributed by atoms with E-state index in [9.17, 15) is 10.2 Å². The summed E-state index contributed by atoms with van der Waals surface area (Å²) in [6, 6.07) is -0.993. The van der Waals surface area contributed by atoms with Crippen LogP contribution in [0.5, 0.6) is 0 Å². The summed E-state index contributed by atoms with van der Waals surface area (Å²) in [5, 5.41) is 31.8. The van der Waals surface area contributed by atoms with E-state index in [2.05, 4.69) is 10.0 Å². The normalized spacial score (nSPS) is 48.7. The molecule has 0 aliphatic carbocycles. The number of hydrogen-bond acceptors (Lipinski definition) is 6. The predicted octanol–water partition coefficient (Wildman–Crippen LogP) is -1.50. The lowest BCUT2D eigenvalue weighted by Crippen LogP contribution is -2.61. The first-order chi connectivity index (χ1) is 7.14. The van der Waals surface area contributed by atoms with Crippen molar-refractivity contribution in [3.63, 3.8) is 0 Å². The lowest BCUT2D eigenvalue weighted by atomic mass is 9.89. The van der Waals surface area contributed by atoms with Gasteiger partial charge >= 0.3 is 0 Å². The molecule has 0 aromatic rings. The Morgan fingerprint density at radius 1 is 1.53 bits per heavy atom. The fourth-order valence-electron chi connectivity index (χ4n) is 1.86. The smallest absolute Gasteiger partial charge is 0.169 e. The van der Waals surface area contributed by atoms with Crippen LogP contribution in [0.15, 0.2) is 5.11 Å². The highest BCUT2D eigenvalue weighted by atomic mass is 16.7. The number of hydrogen-bond donors (Lipinski definition) is 3. The Morgan fingerprint density at radius 2 is 2.27 bits per heavy atom. The van der Waals surface area contributed by atoms with Gasteiger partial charge in [-0.3, -0.25) is 0 Å². The summed E-state index contributed by atoms with van der Waals surface area (Å²) in [5.41, 5.74) is 6.98. The van der Waals surface area contributed by atoms with Gasteiger partial charge in [-0.1, -0.05) is 5.11 Å². The van der Waals surface area contributed by atoms with E-state index in [0.29, 0.717) is 0 Å². The minimum atomic E-state index is -1.34. The molecule has 8 nitrogen and oxygen atoms in total. The van der Waals surface area contributed by atoms with Crippen molar-refractivity contribution in [3.8, 4) is 0 Å². The molecule has 0 aromatic heterocycles. The van der Waals surface area contributed by atoms with Gasteiger partial charge < -0.3 is 24.8 Å². The molecular formula is C7H11N3O5. The van der Waals surface area contributed by atoms with E-state index < -0.39 is 36.7 Å². The SMILES string of the molecule is [N-]=[N+]=NC1C(O)C(O)C2(CO)CO[C@H]1O2. The average molecular weight is 217 g/mol. The molecule has 2 fully saturated rings. The highest BCUT2D eigenvalue weighted by Gasteiger charge is 2.58. The number of ether oxygens (including phenoxy) is 2. The molecular weight excluding hydrogens is 206 g/mol. The molecule has 0 saturated carbocycles. The van der Waals surface area contributed by atoms with Crippen LogP contribution < -0.4 is 0 Å². The highest BCUT2D eigenvalue weighted by Crippen LogP contribution is 2.37. The molecule has 5 atom stereocenters. The van der Waals surface area contributed by atoms with Crippen LogP contribution in [0, 0.1) is 0 Å². The van der Waals surface area contributed by atoms with E-state index in [0.717, 1.165) is 0 Å². The number of aliphatic hydroxyl groups is 3. The first-order valence-corrected chi connectivity index (χ1v) is 4.45. The molecule has 0 radical (unpaired) electrons. The van der Waals surface area contributed by atoms with Gasteiger partial charge in [0.1, 0.15) is 17.7 Å². The van der Waals surface area contributed by atoms with Crippen molar-refractivity contribution in [1.82, 2.24) is 0 Å². The van der Waals surface area contributed by atoms with E-state index >= 15 is 0 Å². The number of fused-ring (bicyclic) bond motifs is 2. The second kappa shape index (κ2) is 3.60. The molecule has 2 heterocycles. The van der Waals surface area contributed by atoms with Gasteiger partial charge in [-0.2, -0.15) is 0 Å². The Kier molecular flexibility index (Phi) is 2.55. The van der Waals surface area contributed by atoms with Crippen molar-refractivity contribution in [2.24, 2.45) is 5.11 Å². The molecule has 0 spiro atoms. The molecule has 8 heteroatoms. The van der Waals surface area contributed by atoms with E-state index in [4.69, 9.17) is 20.1 Å². The van der Waals surface area contributed by atoms with Crippen LogP contribution >= 0.6 is 0 Å². The van der Waals surface area contributed by atoms with Crippen LogP contribution in [0.1, 0.15) is 0 Å². The minimum Gasteiger partial charge on any atom is -0.393 e. The Bertz CT molecular complexity index is 307. The predicted molar refractivity (Wildman–Crippen MR) is 45.6 cm³/mol. The monoisotopic (exact) mass is 217 g/mol. The third kappa shape index (κ3) is 1.39. The molecule has 2 bridgehead atoms. The lowest BCUT2D eigenvalue weighted by Gasteiger charge is -2.40. The van der Waals surface area contributed by atoms with Crippen molar-refractivity contribution >= 4 is 0 Å². The number of aliphatic hydroxyl groups excluding tert-OH is 3. The van der Waals surface area contributed by atoms with E-state index in [-0.39, 0.29) is 6.61 Å². The standard InChI is InChI=1S/C7H11N3O5/c8-10-9-3-4(12)5(13)7(1-11)2-14-6(3)15-7/h3-6,11-13H,1-2H2/t3?,4?,5?,6-,7?/m0/s1. The van der Waals surface area contributed by atoms with Gasteiger partial charge in [0, 0.05) is 4.91 Å². The molecule has 2 saturated heterocycles. The molecule has 15 heavy (non-hydrogen) atoms. The molecule has 0 amide bonds. The Balaban J connectivity index is 2.28. The number of rotatable bonds is 2. The van der Waals surface area contributed by atoms with Crippen molar-refractivity contribution in [2.45, 2.75) is 30.1 Å². The Hall–Kier alpha value is -0.890. The van der Waals surface area contributed by atoms with Gasteiger partial charge in [-0.25, -0.2) is 0 Å². The quantitative estimate of drug-likeness (QED) is 0.295. The van der Waals surface area contributed by atoms with Gasteiger partial charge in [0.05, 0.1) is 19.3 Å². The van der Waals surface area contributed by atoms with Crippen LogP contribution in [0.2, 0.25) is 0 Å².